The van der Waals surface area contributed by atoms with Crippen LogP contribution in [-0.2, 0) is 16.0 Å². The first-order valence-corrected chi connectivity index (χ1v) is 12.6. The van der Waals surface area contributed by atoms with E-state index < -0.39 is 6.10 Å². The summed E-state index contributed by atoms with van der Waals surface area (Å²) in [7, 11) is 1.40. The fraction of sp³-hybridized carbons (Fsp3) is 0.538. The number of benzene rings is 1. The molecule has 0 saturated carbocycles. The van der Waals surface area contributed by atoms with E-state index in [0.29, 0.717) is 11.3 Å². The lowest BCUT2D eigenvalue weighted by molar-refractivity contribution is -0.117. The molecule has 1 aliphatic rings. The molecule has 1 fully saturated rings. The van der Waals surface area contributed by atoms with Gasteiger partial charge in [-0.05, 0) is 61.9 Å². The molecule has 1 amide bonds. The highest BCUT2D eigenvalue weighted by molar-refractivity contribution is 7.13. The van der Waals surface area contributed by atoms with E-state index in [2.05, 4.69) is 6.92 Å². The second-order valence-corrected chi connectivity index (χ2v) is 9.73. The van der Waals surface area contributed by atoms with Crippen LogP contribution < -0.4 is 4.90 Å². The SMILES string of the molecule is CCCCCCC(O)c1ccc(N2C(=O)CC[C@H]2CCCc2ccc(C(=O)OC)s2)cc1. The van der Waals surface area contributed by atoms with Gasteiger partial charge in [0.05, 0.1) is 13.2 Å². The largest absolute Gasteiger partial charge is 0.465 e. The van der Waals surface area contributed by atoms with Gasteiger partial charge >= 0.3 is 5.97 Å². The van der Waals surface area contributed by atoms with Crippen LogP contribution in [0, 0.1) is 0 Å². The number of esters is 1. The number of methoxy groups -OCH3 is 1. The summed E-state index contributed by atoms with van der Waals surface area (Å²) in [5.74, 6) is -0.115. The molecule has 1 saturated heterocycles. The van der Waals surface area contributed by atoms with E-state index in [1.54, 1.807) is 0 Å². The van der Waals surface area contributed by atoms with Gasteiger partial charge in [0.25, 0.3) is 0 Å². The summed E-state index contributed by atoms with van der Waals surface area (Å²) in [4.78, 5) is 27.9. The van der Waals surface area contributed by atoms with Crippen molar-refractivity contribution in [1.82, 2.24) is 0 Å². The number of rotatable bonds is 12. The summed E-state index contributed by atoms with van der Waals surface area (Å²) in [6.07, 6.45) is 9.18. The zero-order chi connectivity index (χ0) is 22.9. The van der Waals surface area contributed by atoms with Gasteiger partial charge in [0.1, 0.15) is 4.88 Å². The molecule has 0 aliphatic carbocycles. The van der Waals surface area contributed by atoms with Crippen molar-refractivity contribution in [2.45, 2.75) is 83.3 Å². The molecule has 174 valence electrons. The Bertz CT molecular complexity index is 876. The zero-order valence-corrected chi connectivity index (χ0v) is 20.0. The number of unbranched alkanes of at least 4 members (excludes halogenated alkanes) is 3. The fourth-order valence-corrected chi connectivity index (χ4v) is 5.36. The van der Waals surface area contributed by atoms with Gasteiger partial charge in [-0.1, -0.05) is 44.7 Å². The average molecular weight is 458 g/mol. The molecule has 1 N–H and O–H groups in total. The molecule has 1 aromatic heterocycles. The first-order valence-electron chi connectivity index (χ1n) is 11.8. The Balaban J connectivity index is 1.53. The maximum Gasteiger partial charge on any atom is 0.348 e. The van der Waals surface area contributed by atoms with Crippen molar-refractivity contribution < 1.29 is 19.4 Å². The number of carbonyl (C=O) groups is 2. The van der Waals surface area contributed by atoms with Crippen molar-refractivity contribution in [2.75, 3.05) is 12.0 Å². The van der Waals surface area contributed by atoms with E-state index in [1.807, 2.05) is 41.3 Å². The standard InChI is InChI=1S/C26H35NO4S/c1-3-4-5-6-10-23(28)19-11-13-21(14-12-19)27-20(15-18-25(27)29)8-7-9-22-16-17-24(32-22)26(30)31-2/h11-14,16-17,20,23,28H,3-10,15,18H2,1-2H3/t20-,23?/m1/s1. The van der Waals surface area contributed by atoms with Crippen molar-refractivity contribution in [2.24, 2.45) is 0 Å². The van der Waals surface area contributed by atoms with Gasteiger partial charge in [-0.25, -0.2) is 4.79 Å². The maximum absolute atomic E-state index is 12.6. The Labute approximate surface area is 195 Å². The third-order valence-corrected chi connectivity index (χ3v) is 7.35. The molecular formula is C26H35NO4S. The van der Waals surface area contributed by atoms with Gasteiger partial charge in [-0.2, -0.15) is 0 Å². The third kappa shape index (κ3) is 6.42. The summed E-state index contributed by atoms with van der Waals surface area (Å²) >= 11 is 1.48. The molecule has 32 heavy (non-hydrogen) atoms. The molecule has 1 aliphatic heterocycles. The predicted molar refractivity (Wildman–Crippen MR) is 129 cm³/mol. The first kappa shape index (κ1) is 24.5. The number of aryl methyl sites for hydroxylation is 1. The monoisotopic (exact) mass is 457 g/mol. The molecule has 1 aromatic carbocycles. The highest BCUT2D eigenvalue weighted by Gasteiger charge is 2.31. The van der Waals surface area contributed by atoms with Crippen molar-refractivity contribution >= 4 is 28.9 Å². The third-order valence-electron chi connectivity index (χ3n) is 6.22. The Kier molecular flexibility index (Phi) is 9.30. The van der Waals surface area contributed by atoms with Crippen LogP contribution in [0.3, 0.4) is 0 Å². The van der Waals surface area contributed by atoms with Crippen LogP contribution >= 0.6 is 11.3 Å². The number of aliphatic hydroxyl groups is 1. The van der Waals surface area contributed by atoms with E-state index in [9.17, 15) is 14.7 Å². The summed E-state index contributed by atoms with van der Waals surface area (Å²) in [5, 5.41) is 10.4. The summed E-state index contributed by atoms with van der Waals surface area (Å²) < 4.78 is 4.77. The number of amides is 1. The fourth-order valence-electron chi connectivity index (χ4n) is 4.39. The molecule has 1 unspecified atom stereocenters. The Hall–Kier alpha value is -2.18. The molecule has 2 atom stereocenters. The van der Waals surface area contributed by atoms with Gasteiger partial charge in [0, 0.05) is 23.0 Å². The van der Waals surface area contributed by atoms with E-state index in [-0.39, 0.29) is 17.9 Å². The molecule has 2 aromatic rings. The van der Waals surface area contributed by atoms with Gasteiger partial charge in [-0.3, -0.25) is 4.79 Å². The molecule has 3 rings (SSSR count). The number of aliphatic hydroxyl groups excluding tert-OH is 1. The lowest BCUT2D eigenvalue weighted by Crippen LogP contribution is -2.32. The minimum atomic E-state index is -0.438. The minimum Gasteiger partial charge on any atom is -0.465 e. The van der Waals surface area contributed by atoms with Crippen LogP contribution in [0.1, 0.15) is 90.9 Å². The number of ether oxygens (including phenoxy) is 1. The molecule has 5 nitrogen and oxygen atoms in total. The molecule has 6 heteroatoms. The van der Waals surface area contributed by atoms with Crippen molar-refractivity contribution in [3.05, 3.63) is 51.7 Å². The number of hydrogen-bond acceptors (Lipinski definition) is 5. The summed E-state index contributed by atoms with van der Waals surface area (Å²) in [6.45, 7) is 2.19. The molecular weight excluding hydrogens is 422 g/mol. The van der Waals surface area contributed by atoms with Gasteiger partial charge in [-0.15, -0.1) is 11.3 Å². The Morgan fingerprint density at radius 3 is 2.66 bits per heavy atom. The van der Waals surface area contributed by atoms with Crippen LogP contribution in [0.25, 0.3) is 0 Å². The van der Waals surface area contributed by atoms with Crippen molar-refractivity contribution in [3.8, 4) is 0 Å². The maximum atomic E-state index is 12.6. The van der Waals surface area contributed by atoms with Crippen LogP contribution in [0.5, 0.6) is 0 Å². The van der Waals surface area contributed by atoms with Gasteiger partial charge in [0.2, 0.25) is 5.91 Å². The molecule has 0 radical (unpaired) electrons. The van der Waals surface area contributed by atoms with Crippen LogP contribution in [0.2, 0.25) is 0 Å². The number of thiophene rings is 1. The number of carbonyl (C=O) groups excluding carboxylic acids is 2. The molecule has 0 spiro atoms. The zero-order valence-electron chi connectivity index (χ0n) is 19.2. The quantitative estimate of drug-likeness (QED) is 0.311. The first-order chi connectivity index (χ1) is 15.5. The lowest BCUT2D eigenvalue weighted by Gasteiger charge is -2.25. The smallest absolute Gasteiger partial charge is 0.348 e. The number of nitrogens with zero attached hydrogens (tertiary/aromatic N) is 1. The predicted octanol–water partition coefficient (Wildman–Crippen LogP) is 6.06. The van der Waals surface area contributed by atoms with E-state index in [0.717, 1.165) is 56.2 Å². The van der Waals surface area contributed by atoms with E-state index >= 15 is 0 Å². The minimum absolute atomic E-state index is 0.173. The van der Waals surface area contributed by atoms with Crippen molar-refractivity contribution in [3.63, 3.8) is 0 Å². The lowest BCUT2D eigenvalue weighted by atomic mass is 10.0. The molecule has 2 heterocycles. The van der Waals surface area contributed by atoms with Crippen LogP contribution in [-0.4, -0.2) is 30.1 Å². The highest BCUT2D eigenvalue weighted by atomic mass is 32.1. The second kappa shape index (κ2) is 12.2. The Morgan fingerprint density at radius 1 is 1.16 bits per heavy atom. The number of anilines is 1. The van der Waals surface area contributed by atoms with Gasteiger partial charge in [0.15, 0.2) is 0 Å². The second-order valence-electron chi connectivity index (χ2n) is 8.56. The van der Waals surface area contributed by atoms with E-state index in [4.69, 9.17) is 4.74 Å². The molecule has 0 bridgehead atoms. The van der Waals surface area contributed by atoms with Crippen LogP contribution in [0.4, 0.5) is 5.69 Å². The topological polar surface area (TPSA) is 66.8 Å². The highest BCUT2D eigenvalue weighted by Crippen LogP contribution is 2.31. The number of hydrogen-bond donors (Lipinski definition) is 1. The summed E-state index contributed by atoms with van der Waals surface area (Å²) in [6, 6.07) is 11.9. The van der Waals surface area contributed by atoms with Crippen molar-refractivity contribution in [1.29, 1.82) is 0 Å². The summed E-state index contributed by atoms with van der Waals surface area (Å²) in [5.41, 5.74) is 1.84. The Morgan fingerprint density at radius 2 is 1.94 bits per heavy atom. The van der Waals surface area contributed by atoms with Crippen LogP contribution in [0.15, 0.2) is 36.4 Å². The van der Waals surface area contributed by atoms with E-state index in [1.165, 1.54) is 36.2 Å². The average Bonchev–Trinajstić information content (AvgIpc) is 3.43. The van der Waals surface area contributed by atoms with Gasteiger partial charge < -0.3 is 14.7 Å². The normalized spacial score (nSPS) is 17.0.